The minimum Gasteiger partial charge on any atom is -0.348 e. The van der Waals surface area contributed by atoms with Gasteiger partial charge in [0.25, 0.3) is 0 Å². The molecular weight excluding hydrogens is 296 g/mol. The fourth-order valence-electron chi connectivity index (χ4n) is 5.34. The topological polar surface area (TPSA) is 18.5 Å². The van der Waals surface area contributed by atoms with E-state index in [0.717, 1.165) is 25.9 Å². The first-order valence-corrected chi connectivity index (χ1v) is 9.25. The molecule has 2 aromatic carbocycles. The maximum atomic E-state index is 6.62. The smallest absolute Gasteiger partial charge is 0.176 e. The van der Waals surface area contributed by atoms with Crippen LogP contribution in [0.5, 0.6) is 0 Å². The van der Waals surface area contributed by atoms with Gasteiger partial charge in [0.15, 0.2) is 5.79 Å². The van der Waals surface area contributed by atoms with E-state index in [0.29, 0.717) is 5.92 Å². The van der Waals surface area contributed by atoms with Crippen molar-refractivity contribution in [2.75, 3.05) is 6.61 Å². The monoisotopic (exact) mass is 320 g/mol. The molecule has 3 aliphatic heterocycles. The SMILES string of the molecule is CCCC[C@@]12OC[C@@]3(c4ccccc4)C[C@@H](O1)c1ccccc1[C@@H]23. The lowest BCUT2D eigenvalue weighted by atomic mass is 9.57. The summed E-state index contributed by atoms with van der Waals surface area (Å²) in [5.41, 5.74) is 4.31. The third kappa shape index (κ3) is 1.79. The van der Waals surface area contributed by atoms with Crippen molar-refractivity contribution in [3.63, 3.8) is 0 Å². The molecule has 2 saturated heterocycles. The van der Waals surface area contributed by atoms with E-state index in [1.165, 1.54) is 23.1 Å². The Morgan fingerprint density at radius 2 is 1.75 bits per heavy atom. The minimum absolute atomic E-state index is 0.0618. The molecule has 0 N–H and O–H groups in total. The Labute approximate surface area is 143 Å². The summed E-state index contributed by atoms with van der Waals surface area (Å²) in [5, 5.41) is 0. The summed E-state index contributed by atoms with van der Waals surface area (Å²) in [5.74, 6) is -0.122. The summed E-state index contributed by atoms with van der Waals surface area (Å²) < 4.78 is 13.1. The third-order valence-electron chi connectivity index (χ3n) is 6.34. The average Bonchev–Trinajstić information content (AvgIpc) is 2.89. The molecule has 1 aliphatic carbocycles. The second-order valence-corrected chi connectivity index (χ2v) is 7.60. The largest absolute Gasteiger partial charge is 0.348 e. The molecule has 6 rings (SSSR count). The fourth-order valence-corrected chi connectivity index (χ4v) is 5.34. The third-order valence-corrected chi connectivity index (χ3v) is 6.34. The summed E-state index contributed by atoms with van der Waals surface area (Å²) in [6.45, 7) is 3.02. The van der Waals surface area contributed by atoms with Crippen molar-refractivity contribution in [1.29, 1.82) is 0 Å². The molecule has 4 bridgehead atoms. The van der Waals surface area contributed by atoms with Gasteiger partial charge in [-0.15, -0.1) is 0 Å². The van der Waals surface area contributed by atoms with Crippen molar-refractivity contribution < 1.29 is 9.47 Å². The van der Waals surface area contributed by atoms with Crippen LogP contribution in [0, 0.1) is 0 Å². The van der Waals surface area contributed by atoms with E-state index in [4.69, 9.17) is 9.47 Å². The lowest BCUT2D eigenvalue weighted by Crippen LogP contribution is -2.53. The van der Waals surface area contributed by atoms with E-state index in [9.17, 15) is 0 Å². The van der Waals surface area contributed by atoms with E-state index < -0.39 is 5.79 Å². The number of ether oxygens (including phenoxy) is 2. The van der Waals surface area contributed by atoms with Crippen molar-refractivity contribution in [2.24, 2.45) is 0 Å². The predicted octanol–water partition coefficient (Wildman–Crippen LogP) is 5.10. The lowest BCUT2D eigenvalue weighted by molar-refractivity contribution is -0.266. The highest BCUT2D eigenvalue weighted by Gasteiger charge is 2.68. The molecule has 2 heteroatoms. The first-order chi connectivity index (χ1) is 11.8. The van der Waals surface area contributed by atoms with Gasteiger partial charge >= 0.3 is 0 Å². The molecule has 2 fully saturated rings. The summed E-state index contributed by atoms with van der Waals surface area (Å²) in [4.78, 5) is 0. The zero-order valence-electron chi connectivity index (χ0n) is 14.2. The molecule has 2 aromatic rings. The van der Waals surface area contributed by atoms with Gasteiger partial charge in [0.2, 0.25) is 0 Å². The number of benzene rings is 2. The summed E-state index contributed by atoms with van der Waals surface area (Å²) in [7, 11) is 0. The highest BCUT2D eigenvalue weighted by Crippen LogP contribution is 2.67. The van der Waals surface area contributed by atoms with Crippen molar-refractivity contribution >= 4 is 0 Å². The maximum absolute atomic E-state index is 6.62. The number of rotatable bonds is 4. The van der Waals surface area contributed by atoms with Gasteiger partial charge in [0.1, 0.15) is 0 Å². The van der Waals surface area contributed by atoms with Gasteiger partial charge in [0, 0.05) is 11.8 Å². The van der Waals surface area contributed by atoms with Crippen molar-refractivity contribution in [1.82, 2.24) is 0 Å². The van der Waals surface area contributed by atoms with Crippen molar-refractivity contribution in [3.05, 3.63) is 71.3 Å². The first-order valence-electron chi connectivity index (χ1n) is 9.25. The van der Waals surface area contributed by atoms with Crippen LogP contribution < -0.4 is 0 Å². The summed E-state index contributed by atoms with van der Waals surface area (Å²) >= 11 is 0. The van der Waals surface area contributed by atoms with Gasteiger partial charge in [-0.3, -0.25) is 0 Å². The van der Waals surface area contributed by atoms with Crippen LogP contribution in [0.3, 0.4) is 0 Å². The highest BCUT2D eigenvalue weighted by molar-refractivity contribution is 5.48. The minimum atomic E-state index is -0.427. The molecular formula is C22H24O2. The van der Waals surface area contributed by atoms with Crippen molar-refractivity contribution in [3.8, 4) is 0 Å². The summed E-state index contributed by atoms with van der Waals surface area (Å²) in [6.07, 6.45) is 4.51. The maximum Gasteiger partial charge on any atom is 0.176 e. The molecule has 24 heavy (non-hydrogen) atoms. The summed E-state index contributed by atoms with van der Waals surface area (Å²) in [6, 6.07) is 19.8. The first kappa shape index (κ1) is 14.7. The molecule has 0 amide bonds. The van der Waals surface area contributed by atoms with E-state index in [-0.39, 0.29) is 11.5 Å². The highest BCUT2D eigenvalue weighted by atomic mass is 16.7. The van der Waals surface area contributed by atoms with E-state index >= 15 is 0 Å². The number of unbranched alkanes of at least 4 members (excludes halogenated alkanes) is 1. The zero-order chi connectivity index (χ0) is 16.2. The average molecular weight is 320 g/mol. The number of hydrogen-bond acceptors (Lipinski definition) is 2. The van der Waals surface area contributed by atoms with Crippen LogP contribution in [-0.2, 0) is 14.9 Å². The van der Waals surface area contributed by atoms with E-state index in [1.54, 1.807) is 0 Å². The molecule has 0 spiro atoms. The standard InChI is InChI=1S/C22H24O2/c1-2-3-13-22-20-18-12-8-7-11-17(18)19(24-22)14-21(20,15-23-22)16-9-5-4-6-10-16/h4-12,19-20H,2-3,13-15H2,1H3/t19-,20-,21-,22-/m1/s1. The van der Waals surface area contributed by atoms with Crippen LogP contribution in [0.2, 0.25) is 0 Å². The number of hydrogen-bond donors (Lipinski definition) is 0. The Morgan fingerprint density at radius 3 is 2.54 bits per heavy atom. The van der Waals surface area contributed by atoms with Crippen LogP contribution in [0.25, 0.3) is 0 Å². The van der Waals surface area contributed by atoms with Gasteiger partial charge in [-0.1, -0.05) is 67.9 Å². The van der Waals surface area contributed by atoms with Crippen LogP contribution in [0.1, 0.15) is 61.3 Å². The van der Waals surface area contributed by atoms with Gasteiger partial charge in [-0.05, 0) is 29.5 Å². The molecule has 3 heterocycles. The molecule has 0 aromatic heterocycles. The molecule has 4 aliphatic rings. The molecule has 2 nitrogen and oxygen atoms in total. The Morgan fingerprint density at radius 1 is 1.00 bits per heavy atom. The van der Waals surface area contributed by atoms with E-state index in [1.807, 2.05) is 0 Å². The molecule has 0 saturated carbocycles. The van der Waals surface area contributed by atoms with Crippen LogP contribution >= 0.6 is 0 Å². The zero-order valence-corrected chi connectivity index (χ0v) is 14.2. The molecule has 0 unspecified atom stereocenters. The predicted molar refractivity (Wildman–Crippen MR) is 94.0 cm³/mol. The van der Waals surface area contributed by atoms with Gasteiger partial charge < -0.3 is 9.47 Å². The second kappa shape index (κ2) is 5.18. The van der Waals surface area contributed by atoms with Crippen molar-refractivity contribution in [2.45, 2.75) is 55.8 Å². The van der Waals surface area contributed by atoms with Crippen LogP contribution in [0.4, 0.5) is 0 Å². The lowest BCUT2D eigenvalue weighted by Gasteiger charge is -2.54. The van der Waals surface area contributed by atoms with Crippen LogP contribution in [0.15, 0.2) is 54.6 Å². The Balaban J connectivity index is 1.70. The van der Waals surface area contributed by atoms with Gasteiger partial charge in [0.05, 0.1) is 18.6 Å². The molecule has 0 radical (unpaired) electrons. The quantitative estimate of drug-likeness (QED) is 0.780. The Hall–Kier alpha value is -1.64. The van der Waals surface area contributed by atoms with E-state index in [2.05, 4.69) is 61.5 Å². The molecule has 4 atom stereocenters. The second-order valence-electron chi connectivity index (χ2n) is 7.60. The normalized spacial score (nSPS) is 35.9. The Bertz CT molecular complexity index is 756. The van der Waals surface area contributed by atoms with Gasteiger partial charge in [-0.25, -0.2) is 0 Å². The Kier molecular flexibility index (Phi) is 3.17. The van der Waals surface area contributed by atoms with Gasteiger partial charge in [-0.2, -0.15) is 0 Å². The molecule has 124 valence electrons. The fraction of sp³-hybridized carbons (Fsp3) is 0.455. The van der Waals surface area contributed by atoms with Crippen LogP contribution in [-0.4, -0.2) is 12.4 Å².